The largest absolute Gasteiger partial charge is 0.384 e. The van der Waals surface area contributed by atoms with E-state index in [1.54, 1.807) is 0 Å². The van der Waals surface area contributed by atoms with E-state index < -0.39 is 10.0 Å². The molecule has 0 atom stereocenters. The van der Waals surface area contributed by atoms with Gasteiger partial charge < -0.3 is 11.1 Å². The Morgan fingerprint density at radius 2 is 2.21 bits per heavy atom. The maximum atomic E-state index is 12.1. The minimum absolute atomic E-state index is 0.0171. The minimum atomic E-state index is -3.71. The summed E-state index contributed by atoms with van der Waals surface area (Å²) in [6.07, 6.45) is 3.11. The van der Waals surface area contributed by atoms with Gasteiger partial charge in [0.1, 0.15) is 10.7 Å². The number of nitrogen functional groups attached to an aromatic ring is 1. The second kappa shape index (κ2) is 5.14. The van der Waals surface area contributed by atoms with Crippen LogP contribution in [-0.2, 0) is 14.8 Å². The molecule has 1 aliphatic rings. The van der Waals surface area contributed by atoms with Crippen molar-refractivity contribution >= 4 is 21.7 Å². The topological polar surface area (TPSA) is 105 Å². The minimum Gasteiger partial charge on any atom is -0.384 e. The summed E-state index contributed by atoms with van der Waals surface area (Å²) in [6, 6.07) is 2.99. The van der Waals surface area contributed by atoms with Crippen LogP contribution in [0.3, 0.4) is 0 Å². The Hall–Kier alpha value is -1.67. The van der Waals surface area contributed by atoms with Gasteiger partial charge in [0.25, 0.3) is 0 Å². The summed E-state index contributed by atoms with van der Waals surface area (Å²) in [6.45, 7) is -0.205. The van der Waals surface area contributed by atoms with Crippen LogP contribution in [0.25, 0.3) is 0 Å². The molecule has 1 fully saturated rings. The average Bonchev–Trinajstić information content (AvgIpc) is 3.13. The summed E-state index contributed by atoms with van der Waals surface area (Å²) in [4.78, 5) is 15.3. The molecule has 8 heteroatoms. The van der Waals surface area contributed by atoms with E-state index in [4.69, 9.17) is 5.73 Å². The van der Waals surface area contributed by atoms with Crippen molar-refractivity contribution in [3.05, 3.63) is 18.3 Å². The van der Waals surface area contributed by atoms with Gasteiger partial charge in [0.2, 0.25) is 15.9 Å². The lowest BCUT2D eigenvalue weighted by atomic mass is 10.5. The average molecular weight is 284 g/mol. The highest BCUT2D eigenvalue weighted by Gasteiger charge is 2.27. The van der Waals surface area contributed by atoms with Gasteiger partial charge in [0.15, 0.2) is 0 Å². The number of pyridine rings is 1. The van der Waals surface area contributed by atoms with Gasteiger partial charge in [0.05, 0.1) is 6.54 Å². The number of hydrogen-bond donors (Lipinski definition) is 2. The van der Waals surface area contributed by atoms with Crippen molar-refractivity contribution in [2.24, 2.45) is 0 Å². The zero-order valence-corrected chi connectivity index (χ0v) is 11.4. The lowest BCUT2D eigenvalue weighted by Gasteiger charge is -2.16. The van der Waals surface area contributed by atoms with Crippen LogP contribution in [-0.4, -0.2) is 43.2 Å². The van der Waals surface area contributed by atoms with E-state index in [0.29, 0.717) is 0 Å². The highest BCUT2D eigenvalue weighted by molar-refractivity contribution is 7.89. The maximum absolute atomic E-state index is 12.1. The second-order valence-corrected chi connectivity index (χ2v) is 6.57. The third kappa shape index (κ3) is 3.42. The van der Waals surface area contributed by atoms with Crippen molar-refractivity contribution in [3.63, 3.8) is 0 Å². The molecule has 0 radical (unpaired) electrons. The SMILES string of the molecule is CN(CC(=O)NC1CC1)S(=O)(=O)c1ccc(N)nc1. The Kier molecular flexibility index (Phi) is 3.72. The number of amides is 1. The number of aromatic nitrogens is 1. The molecular weight excluding hydrogens is 268 g/mol. The number of likely N-dealkylation sites (N-methyl/N-ethyl adjacent to an activating group) is 1. The highest BCUT2D eigenvalue weighted by atomic mass is 32.2. The molecule has 1 aromatic rings. The summed E-state index contributed by atoms with van der Waals surface area (Å²) < 4.78 is 25.3. The van der Waals surface area contributed by atoms with Crippen molar-refractivity contribution < 1.29 is 13.2 Å². The monoisotopic (exact) mass is 284 g/mol. The molecular formula is C11H16N4O3S. The highest BCUT2D eigenvalue weighted by Crippen LogP contribution is 2.19. The molecule has 1 amide bonds. The van der Waals surface area contributed by atoms with E-state index in [-0.39, 0.29) is 29.2 Å². The number of hydrogen-bond acceptors (Lipinski definition) is 5. The normalized spacial score (nSPS) is 15.5. The molecule has 2 rings (SSSR count). The standard InChI is InChI=1S/C11H16N4O3S/c1-15(7-11(16)14-8-2-3-8)19(17,18)9-4-5-10(12)13-6-9/h4-6,8H,2-3,7H2,1H3,(H2,12,13)(H,14,16). The molecule has 1 saturated carbocycles. The van der Waals surface area contributed by atoms with Crippen LogP contribution in [0.15, 0.2) is 23.2 Å². The molecule has 1 heterocycles. The lowest BCUT2D eigenvalue weighted by Crippen LogP contribution is -2.39. The van der Waals surface area contributed by atoms with E-state index in [9.17, 15) is 13.2 Å². The van der Waals surface area contributed by atoms with Crippen molar-refractivity contribution in [1.29, 1.82) is 0 Å². The van der Waals surface area contributed by atoms with Crippen LogP contribution in [0.4, 0.5) is 5.82 Å². The van der Waals surface area contributed by atoms with E-state index in [2.05, 4.69) is 10.3 Å². The van der Waals surface area contributed by atoms with Crippen LogP contribution in [0.2, 0.25) is 0 Å². The number of sulfonamides is 1. The van der Waals surface area contributed by atoms with Crippen LogP contribution >= 0.6 is 0 Å². The number of nitrogens with zero attached hydrogens (tertiary/aromatic N) is 2. The van der Waals surface area contributed by atoms with Crippen molar-refractivity contribution in [2.45, 2.75) is 23.8 Å². The Balaban J connectivity index is 2.05. The molecule has 3 N–H and O–H groups in total. The first-order valence-electron chi connectivity index (χ1n) is 5.87. The first-order valence-corrected chi connectivity index (χ1v) is 7.31. The van der Waals surface area contributed by atoms with Gasteiger partial charge in [-0.25, -0.2) is 13.4 Å². The quantitative estimate of drug-likeness (QED) is 0.762. The van der Waals surface area contributed by atoms with Crippen LogP contribution in [0.5, 0.6) is 0 Å². The van der Waals surface area contributed by atoms with Crippen molar-refractivity contribution in [2.75, 3.05) is 19.3 Å². The second-order valence-electron chi connectivity index (χ2n) is 4.52. The first-order chi connectivity index (χ1) is 8.89. The van der Waals surface area contributed by atoms with Crippen LogP contribution in [0.1, 0.15) is 12.8 Å². The molecule has 19 heavy (non-hydrogen) atoms. The fourth-order valence-electron chi connectivity index (χ4n) is 1.51. The van der Waals surface area contributed by atoms with Gasteiger partial charge in [-0.05, 0) is 25.0 Å². The summed E-state index contributed by atoms with van der Waals surface area (Å²) in [5, 5.41) is 2.74. The zero-order valence-electron chi connectivity index (χ0n) is 10.5. The molecule has 7 nitrogen and oxygen atoms in total. The summed E-state index contributed by atoms with van der Waals surface area (Å²) in [7, 11) is -2.35. The van der Waals surface area contributed by atoms with Crippen LogP contribution < -0.4 is 11.1 Å². The van der Waals surface area contributed by atoms with Gasteiger partial charge in [-0.2, -0.15) is 4.31 Å². The molecule has 0 saturated heterocycles. The molecule has 0 aliphatic heterocycles. The third-order valence-corrected chi connectivity index (χ3v) is 4.56. The number of carbonyl (C=O) groups is 1. The zero-order chi connectivity index (χ0) is 14.0. The predicted molar refractivity (Wildman–Crippen MR) is 69.6 cm³/mol. The number of anilines is 1. The number of carbonyl (C=O) groups excluding carboxylic acids is 1. The number of nitrogens with one attached hydrogen (secondary N) is 1. The lowest BCUT2D eigenvalue weighted by molar-refractivity contribution is -0.121. The van der Waals surface area contributed by atoms with Gasteiger partial charge in [-0.15, -0.1) is 0 Å². The first kappa shape index (κ1) is 13.8. The van der Waals surface area contributed by atoms with Gasteiger partial charge in [-0.1, -0.05) is 0 Å². The summed E-state index contributed by atoms with van der Waals surface area (Å²) >= 11 is 0. The van der Waals surface area contributed by atoms with Crippen molar-refractivity contribution in [1.82, 2.24) is 14.6 Å². The van der Waals surface area contributed by atoms with Gasteiger partial charge in [-0.3, -0.25) is 4.79 Å². The fraction of sp³-hybridized carbons (Fsp3) is 0.455. The van der Waals surface area contributed by atoms with Crippen LogP contribution in [0, 0.1) is 0 Å². The molecule has 1 aliphatic carbocycles. The number of rotatable bonds is 5. The summed E-state index contributed by atoms with van der Waals surface area (Å²) in [5.74, 6) is -0.0509. The maximum Gasteiger partial charge on any atom is 0.244 e. The smallest absolute Gasteiger partial charge is 0.244 e. The van der Waals surface area contributed by atoms with E-state index in [0.717, 1.165) is 17.1 Å². The van der Waals surface area contributed by atoms with Gasteiger partial charge in [0, 0.05) is 19.3 Å². The molecule has 0 aromatic carbocycles. The molecule has 0 spiro atoms. The third-order valence-electron chi connectivity index (χ3n) is 2.78. The predicted octanol–water partition coefficient (Wildman–Crippen LogP) is -0.437. The fourth-order valence-corrected chi connectivity index (χ4v) is 2.59. The Labute approximate surface area is 111 Å². The Bertz CT molecular complexity index is 566. The number of nitrogens with two attached hydrogens (primary N) is 1. The summed E-state index contributed by atoms with van der Waals surface area (Å²) in [5.41, 5.74) is 5.40. The van der Waals surface area contributed by atoms with Crippen molar-refractivity contribution in [3.8, 4) is 0 Å². The Morgan fingerprint density at radius 1 is 1.53 bits per heavy atom. The molecule has 0 bridgehead atoms. The Morgan fingerprint density at radius 3 is 2.74 bits per heavy atom. The van der Waals surface area contributed by atoms with E-state index in [1.165, 1.54) is 25.4 Å². The van der Waals surface area contributed by atoms with E-state index in [1.807, 2.05) is 0 Å². The molecule has 1 aromatic heterocycles. The van der Waals surface area contributed by atoms with Gasteiger partial charge >= 0.3 is 0 Å². The van der Waals surface area contributed by atoms with E-state index >= 15 is 0 Å². The molecule has 0 unspecified atom stereocenters. The molecule has 104 valence electrons.